The molecule has 0 fully saturated rings. The Kier molecular flexibility index (Phi) is 8.47. The van der Waals surface area contributed by atoms with E-state index in [1.54, 1.807) is 24.3 Å². The van der Waals surface area contributed by atoms with Crippen molar-refractivity contribution in [2.45, 2.75) is 45.6 Å². The molecule has 0 spiro atoms. The molecule has 8 heteroatoms. The molecule has 0 radical (unpaired) electrons. The second-order valence-corrected chi connectivity index (χ2v) is 9.09. The number of Topliss-reactive ketones (excluding diaryl/α,β-unsaturated/α-hetero) is 1. The highest BCUT2D eigenvalue weighted by atomic mass is 35.5. The van der Waals surface area contributed by atoms with E-state index in [9.17, 15) is 14.4 Å². The van der Waals surface area contributed by atoms with Crippen LogP contribution in [0.25, 0.3) is 0 Å². The molecule has 6 nitrogen and oxygen atoms in total. The van der Waals surface area contributed by atoms with E-state index >= 15 is 0 Å². The van der Waals surface area contributed by atoms with Gasteiger partial charge in [-0.3, -0.25) is 9.59 Å². The molecule has 3 rings (SSSR count). The lowest BCUT2D eigenvalue weighted by Crippen LogP contribution is -2.05. The van der Waals surface area contributed by atoms with Crippen LogP contribution in [0.5, 0.6) is 5.75 Å². The Morgan fingerprint density at radius 1 is 1.09 bits per heavy atom. The first-order valence-electron chi connectivity index (χ1n) is 10.3. The first-order chi connectivity index (χ1) is 15.4. The summed E-state index contributed by atoms with van der Waals surface area (Å²) in [6.45, 7) is 1.79. The van der Waals surface area contributed by atoms with E-state index < -0.39 is 0 Å². The second kappa shape index (κ2) is 11.3. The number of ether oxygens (including phenoxy) is 3. The summed E-state index contributed by atoms with van der Waals surface area (Å²) in [7, 11) is 1.37. The van der Waals surface area contributed by atoms with Gasteiger partial charge < -0.3 is 14.2 Å². The Morgan fingerprint density at radius 3 is 2.66 bits per heavy atom. The molecule has 0 saturated carbocycles. The highest BCUT2D eigenvalue weighted by Crippen LogP contribution is 2.29. The molecule has 0 unspecified atom stereocenters. The van der Waals surface area contributed by atoms with E-state index in [0.29, 0.717) is 41.5 Å². The van der Waals surface area contributed by atoms with Crippen molar-refractivity contribution in [2.24, 2.45) is 0 Å². The topological polar surface area (TPSA) is 78.9 Å². The number of methoxy groups -OCH3 is 1. The van der Waals surface area contributed by atoms with Crippen molar-refractivity contribution in [2.75, 3.05) is 13.7 Å². The number of aryl methyl sites for hydroxylation is 1. The van der Waals surface area contributed by atoms with Crippen molar-refractivity contribution in [3.63, 3.8) is 0 Å². The van der Waals surface area contributed by atoms with Crippen LogP contribution in [0.15, 0.2) is 41.5 Å². The number of thiophene rings is 1. The van der Waals surface area contributed by atoms with Crippen molar-refractivity contribution >= 4 is 40.7 Å². The predicted molar refractivity (Wildman–Crippen MR) is 122 cm³/mol. The van der Waals surface area contributed by atoms with Crippen LogP contribution in [0.1, 0.15) is 52.7 Å². The second-order valence-electron chi connectivity index (χ2n) is 7.48. The van der Waals surface area contributed by atoms with Crippen LogP contribution in [0.4, 0.5) is 0 Å². The van der Waals surface area contributed by atoms with Crippen LogP contribution < -0.4 is 4.74 Å². The Morgan fingerprint density at radius 2 is 1.91 bits per heavy atom. The third-order valence-electron chi connectivity index (χ3n) is 5.10. The predicted octanol–water partition coefficient (Wildman–Crippen LogP) is 5.31. The molecule has 1 aromatic carbocycles. The van der Waals surface area contributed by atoms with Gasteiger partial charge in [-0.05, 0) is 72.7 Å². The van der Waals surface area contributed by atoms with E-state index in [0.717, 1.165) is 34.4 Å². The van der Waals surface area contributed by atoms with Gasteiger partial charge in [-0.2, -0.15) is 0 Å². The molecule has 0 amide bonds. The quantitative estimate of drug-likeness (QED) is 0.432. The number of benzene rings is 1. The highest BCUT2D eigenvalue weighted by Gasteiger charge is 2.23. The Balaban J connectivity index is 1.58. The summed E-state index contributed by atoms with van der Waals surface area (Å²) in [6, 6.07) is 8.90. The lowest BCUT2D eigenvalue weighted by Gasteiger charge is -2.11. The Labute approximate surface area is 196 Å². The zero-order valence-electron chi connectivity index (χ0n) is 18.1. The molecule has 170 valence electrons. The van der Waals surface area contributed by atoms with Crippen LogP contribution >= 0.6 is 22.9 Å². The number of carbonyl (C=O) groups is 3. The normalized spacial score (nSPS) is 13.4. The number of rotatable bonds is 10. The van der Waals surface area contributed by atoms with Gasteiger partial charge in [-0.1, -0.05) is 11.6 Å². The average Bonchev–Trinajstić information content (AvgIpc) is 3.37. The molecule has 0 saturated heterocycles. The summed E-state index contributed by atoms with van der Waals surface area (Å²) in [5.41, 5.74) is 2.59. The molecule has 1 aromatic heterocycles. The van der Waals surface area contributed by atoms with Crippen LogP contribution in [0.2, 0.25) is 5.02 Å². The SMILES string of the molecule is COC(=O)c1ccc(CCCC2=C(COc3cc(Cl)cc(COC(C)=O)c3)CCC2=O)s1. The third kappa shape index (κ3) is 6.68. The van der Waals surface area contributed by atoms with Gasteiger partial charge in [0.05, 0.1) is 7.11 Å². The maximum atomic E-state index is 12.4. The van der Waals surface area contributed by atoms with E-state index in [4.69, 9.17) is 25.8 Å². The van der Waals surface area contributed by atoms with Crippen molar-refractivity contribution in [1.29, 1.82) is 0 Å². The summed E-state index contributed by atoms with van der Waals surface area (Å²) in [5.74, 6) is 0.0496. The molecular weight excluding hydrogens is 452 g/mol. The standard InChI is InChI=1S/C24H25ClO6S/c1-15(26)30-13-16-10-18(25)12-19(11-16)31-14-17-6-8-22(27)21(17)5-3-4-20-7-9-23(32-20)24(28)29-2/h7,9-12H,3-6,8,13-14H2,1-2H3. The lowest BCUT2D eigenvalue weighted by molar-refractivity contribution is -0.142. The van der Waals surface area contributed by atoms with Gasteiger partial charge in [0.15, 0.2) is 5.78 Å². The fraction of sp³-hybridized carbons (Fsp3) is 0.375. The third-order valence-corrected chi connectivity index (χ3v) is 6.44. The number of ketones is 1. The maximum absolute atomic E-state index is 12.4. The van der Waals surface area contributed by atoms with Gasteiger partial charge in [-0.15, -0.1) is 11.3 Å². The fourth-order valence-electron chi connectivity index (χ4n) is 3.54. The molecule has 0 N–H and O–H groups in total. The molecular formula is C24H25ClO6S. The van der Waals surface area contributed by atoms with Crippen molar-refractivity contribution < 1.29 is 28.6 Å². The van der Waals surface area contributed by atoms with E-state index in [2.05, 4.69) is 0 Å². The number of halogens is 1. The number of esters is 2. The summed E-state index contributed by atoms with van der Waals surface area (Å²) >= 11 is 7.58. The van der Waals surface area contributed by atoms with Gasteiger partial charge in [0.1, 0.15) is 23.8 Å². The van der Waals surface area contributed by atoms with Gasteiger partial charge in [0, 0.05) is 23.2 Å². The average molecular weight is 477 g/mol. The largest absolute Gasteiger partial charge is 0.489 e. The van der Waals surface area contributed by atoms with Crippen LogP contribution in [0, 0.1) is 0 Å². The number of allylic oxidation sites excluding steroid dienone is 1. The fourth-order valence-corrected chi connectivity index (χ4v) is 4.76. The number of hydrogen-bond donors (Lipinski definition) is 0. The Hall–Kier alpha value is -2.64. The van der Waals surface area contributed by atoms with E-state index in [1.165, 1.54) is 25.4 Å². The first-order valence-corrected chi connectivity index (χ1v) is 11.5. The lowest BCUT2D eigenvalue weighted by atomic mass is 10.0. The summed E-state index contributed by atoms with van der Waals surface area (Å²) < 4.78 is 15.7. The molecule has 0 atom stereocenters. The summed E-state index contributed by atoms with van der Waals surface area (Å²) in [4.78, 5) is 36.7. The van der Waals surface area contributed by atoms with Crippen LogP contribution in [0.3, 0.4) is 0 Å². The van der Waals surface area contributed by atoms with Crippen molar-refractivity contribution in [3.8, 4) is 5.75 Å². The number of carbonyl (C=O) groups excluding carboxylic acids is 3. The van der Waals surface area contributed by atoms with Crippen LogP contribution in [-0.4, -0.2) is 31.4 Å². The molecule has 2 aromatic rings. The smallest absolute Gasteiger partial charge is 0.348 e. The first kappa shape index (κ1) is 24.0. The molecule has 1 heterocycles. The van der Waals surface area contributed by atoms with Gasteiger partial charge in [-0.25, -0.2) is 4.79 Å². The van der Waals surface area contributed by atoms with Gasteiger partial charge in [0.25, 0.3) is 0 Å². The molecule has 1 aliphatic carbocycles. The molecule has 0 aliphatic heterocycles. The monoisotopic (exact) mass is 476 g/mol. The van der Waals surface area contributed by atoms with Crippen molar-refractivity contribution in [3.05, 3.63) is 61.8 Å². The van der Waals surface area contributed by atoms with Gasteiger partial charge in [0.2, 0.25) is 0 Å². The zero-order chi connectivity index (χ0) is 23.1. The molecule has 32 heavy (non-hydrogen) atoms. The number of hydrogen-bond acceptors (Lipinski definition) is 7. The zero-order valence-corrected chi connectivity index (χ0v) is 19.6. The summed E-state index contributed by atoms with van der Waals surface area (Å²) in [6.07, 6.45) is 3.49. The Bertz CT molecular complexity index is 1040. The minimum atomic E-state index is -0.365. The minimum absolute atomic E-state index is 0.124. The van der Waals surface area contributed by atoms with E-state index in [1.807, 2.05) is 6.07 Å². The van der Waals surface area contributed by atoms with E-state index in [-0.39, 0.29) is 24.3 Å². The maximum Gasteiger partial charge on any atom is 0.348 e. The van der Waals surface area contributed by atoms with Crippen LogP contribution in [-0.2, 0) is 32.1 Å². The molecule has 1 aliphatic rings. The molecule has 0 bridgehead atoms. The minimum Gasteiger partial charge on any atom is -0.489 e. The van der Waals surface area contributed by atoms with Crippen molar-refractivity contribution in [1.82, 2.24) is 0 Å². The highest BCUT2D eigenvalue weighted by molar-refractivity contribution is 7.13. The summed E-state index contributed by atoms with van der Waals surface area (Å²) in [5, 5.41) is 0.489. The van der Waals surface area contributed by atoms with Gasteiger partial charge >= 0.3 is 11.9 Å².